The minimum Gasteiger partial charge on any atom is -0.379 e. The van der Waals surface area contributed by atoms with Gasteiger partial charge in [0, 0.05) is 31.9 Å². The van der Waals surface area contributed by atoms with E-state index in [-0.39, 0.29) is 36.6 Å². The first-order valence-corrected chi connectivity index (χ1v) is 9.36. The molecule has 0 amide bonds. The highest BCUT2D eigenvalue weighted by atomic mass is 127. The van der Waals surface area contributed by atoms with Crippen LogP contribution in [0.1, 0.15) is 30.9 Å². The van der Waals surface area contributed by atoms with E-state index in [1.807, 2.05) is 6.92 Å². The number of aliphatic imine (C=N–C) groups is 1. The van der Waals surface area contributed by atoms with Gasteiger partial charge in [0.05, 0.1) is 24.8 Å². The van der Waals surface area contributed by atoms with Gasteiger partial charge in [-0.1, -0.05) is 17.9 Å². The normalized spacial score (nSPS) is 16.6. The summed E-state index contributed by atoms with van der Waals surface area (Å²) < 4.78 is 49.1. The van der Waals surface area contributed by atoms with E-state index in [4.69, 9.17) is 9.47 Å². The lowest BCUT2D eigenvalue weighted by molar-refractivity contribution is -0.137. The van der Waals surface area contributed by atoms with Gasteiger partial charge >= 0.3 is 6.18 Å². The van der Waals surface area contributed by atoms with Crippen molar-refractivity contribution in [3.63, 3.8) is 0 Å². The Morgan fingerprint density at radius 3 is 2.86 bits per heavy atom. The van der Waals surface area contributed by atoms with Gasteiger partial charge in [0.2, 0.25) is 0 Å². The second-order valence-corrected chi connectivity index (χ2v) is 6.20. The van der Waals surface area contributed by atoms with Gasteiger partial charge in [-0.05, 0) is 38.0 Å². The number of halogens is 4. The molecule has 29 heavy (non-hydrogen) atoms. The molecule has 162 valence electrons. The van der Waals surface area contributed by atoms with Crippen LogP contribution in [0.25, 0.3) is 0 Å². The molecule has 1 unspecified atom stereocenters. The first-order valence-electron chi connectivity index (χ1n) is 9.36. The molecule has 0 aliphatic carbocycles. The fraction of sp³-hybridized carbons (Fsp3) is 0.550. The van der Waals surface area contributed by atoms with Crippen LogP contribution in [-0.2, 0) is 15.7 Å². The van der Waals surface area contributed by atoms with Crippen LogP contribution >= 0.6 is 24.0 Å². The van der Waals surface area contributed by atoms with Crippen LogP contribution in [0.15, 0.2) is 29.3 Å². The maximum atomic E-state index is 12.7. The summed E-state index contributed by atoms with van der Waals surface area (Å²) in [5.74, 6) is 6.17. The van der Waals surface area contributed by atoms with Crippen LogP contribution < -0.4 is 10.6 Å². The molecule has 0 radical (unpaired) electrons. The second kappa shape index (κ2) is 13.7. The zero-order valence-electron chi connectivity index (χ0n) is 16.3. The van der Waals surface area contributed by atoms with Gasteiger partial charge in [-0.3, -0.25) is 4.99 Å². The molecule has 1 aromatic rings. The summed E-state index contributed by atoms with van der Waals surface area (Å²) in [6, 6.07) is 4.98. The summed E-state index contributed by atoms with van der Waals surface area (Å²) in [6.45, 7) is 5.59. The average Bonchev–Trinajstić information content (AvgIpc) is 3.18. The van der Waals surface area contributed by atoms with Crippen molar-refractivity contribution in [2.75, 3.05) is 39.5 Å². The minimum absolute atomic E-state index is 0. The molecule has 2 rings (SSSR count). The molecule has 1 saturated heterocycles. The van der Waals surface area contributed by atoms with E-state index < -0.39 is 11.7 Å². The van der Waals surface area contributed by atoms with E-state index in [2.05, 4.69) is 27.5 Å². The Morgan fingerprint density at radius 2 is 2.17 bits per heavy atom. The van der Waals surface area contributed by atoms with Crippen LogP contribution in [0.3, 0.4) is 0 Å². The predicted molar refractivity (Wildman–Crippen MR) is 118 cm³/mol. The highest BCUT2D eigenvalue weighted by molar-refractivity contribution is 14.0. The van der Waals surface area contributed by atoms with Crippen molar-refractivity contribution in [1.82, 2.24) is 10.6 Å². The average molecular weight is 525 g/mol. The zero-order chi connectivity index (χ0) is 20.2. The van der Waals surface area contributed by atoms with Crippen LogP contribution in [0.2, 0.25) is 0 Å². The Bertz CT molecular complexity index is 696. The monoisotopic (exact) mass is 525 g/mol. The van der Waals surface area contributed by atoms with Gasteiger partial charge in [0.1, 0.15) is 0 Å². The maximum Gasteiger partial charge on any atom is 0.416 e. The second-order valence-electron chi connectivity index (χ2n) is 6.20. The lowest BCUT2D eigenvalue weighted by atomic mass is 10.1. The lowest BCUT2D eigenvalue weighted by Crippen LogP contribution is -2.37. The largest absolute Gasteiger partial charge is 0.416 e. The minimum atomic E-state index is -4.37. The summed E-state index contributed by atoms with van der Waals surface area (Å²) in [4.78, 5) is 4.44. The summed E-state index contributed by atoms with van der Waals surface area (Å²) in [6.07, 6.45) is -2.43. The molecular weight excluding hydrogens is 498 g/mol. The quantitative estimate of drug-likeness (QED) is 0.189. The van der Waals surface area contributed by atoms with E-state index in [1.54, 1.807) is 6.07 Å². The summed E-state index contributed by atoms with van der Waals surface area (Å²) in [5.41, 5.74) is -0.375. The highest BCUT2D eigenvalue weighted by Crippen LogP contribution is 2.29. The molecule has 1 aromatic carbocycles. The molecule has 9 heteroatoms. The van der Waals surface area contributed by atoms with Gasteiger partial charge in [-0.25, -0.2) is 0 Å². The lowest BCUT2D eigenvalue weighted by Gasteiger charge is -2.10. The third-order valence-electron chi connectivity index (χ3n) is 3.92. The first-order chi connectivity index (χ1) is 13.5. The molecular formula is C20H27F3IN3O2. The number of nitrogens with one attached hydrogen (secondary N) is 2. The third kappa shape index (κ3) is 10.2. The number of hydrogen-bond acceptors (Lipinski definition) is 3. The number of alkyl halides is 3. The molecule has 1 atom stereocenters. The smallest absolute Gasteiger partial charge is 0.379 e. The van der Waals surface area contributed by atoms with Gasteiger partial charge in [-0.15, -0.1) is 24.0 Å². The fourth-order valence-electron chi connectivity index (χ4n) is 2.54. The number of ether oxygens (including phenoxy) is 2. The van der Waals surface area contributed by atoms with Crippen molar-refractivity contribution < 1.29 is 22.6 Å². The molecule has 0 spiro atoms. The van der Waals surface area contributed by atoms with Crippen LogP contribution in [0.4, 0.5) is 13.2 Å². The van der Waals surface area contributed by atoms with E-state index in [0.717, 1.165) is 31.6 Å². The van der Waals surface area contributed by atoms with E-state index in [1.165, 1.54) is 6.07 Å². The SMILES string of the molecule is CCNC(=NCCCOC1CCOC1)NCC#Cc1cccc(C(F)(F)F)c1.I. The fourth-order valence-corrected chi connectivity index (χ4v) is 2.54. The van der Waals surface area contributed by atoms with Crippen molar-refractivity contribution in [3.8, 4) is 11.8 Å². The molecule has 0 saturated carbocycles. The van der Waals surface area contributed by atoms with Crippen molar-refractivity contribution in [3.05, 3.63) is 35.4 Å². The molecule has 0 aromatic heterocycles. The number of nitrogens with zero attached hydrogens (tertiary/aromatic N) is 1. The standard InChI is InChI=1S/C20H26F3N3O2.HI/c1-2-24-19(26-11-5-12-28-18-9-13-27-15-18)25-10-4-7-16-6-3-8-17(14-16)20(21,22)23;/h3,6,8,14,18H,2,5,9-13,15H2,1H3,(H2,24,25,26);1H. The van der Waals surface area contributed by atoms with Crippen molar-refractivity contribution in [2.24, 2.45) is 4.99 Å². The van der Waals surface area contributed by atoms with Crippen LogP contribution in [0.5, 0.6) is 0 Å². The van der Waals surface area contributed by atoms with Gasteiger partial charge in [0.25, 0.3) is 0 Å². The Kier molecular flexibility index (Phi) is 12.0. The van der Waals surface area contributed by atoms with Gasteiger partial charge in [-0.2, -0.15) is 13.2 Å². The van der Waals surface area contributed by atoms with E-state index >= 15 is 0 Å². The van der Waals surface area contributed by atoms with E-state index in [0.29, 0.717) is 37.8 Å². The van der Waals surface area contributed by atoms with Crippen molar-refractivity contribution in [2.45, 2.75) is 32.0 Å². The van der Waals surface area contributed by atoms with E-state index in [9.17, 15) is 13.2 Å². The predicted octanol–water partition coefficient (Wildman–Crippen LogP) is 3.43. The van der Waals surface area contributed by atoms with Gasteiger partial charge in [0.15, 0.2) is 5.96 Å². The molecule has 1 aliphatic heterocycles. The molecule has 2 N–H and O–H groups in total. The summed E-state index contributed by atoms with van der Waals surface area (Å²) >= 11 is 0. The zero-order valence-corrected chi connectivity index (χ0v) is 18.7. The number of guanidine groups is 1. The Hall–Kier alpha value is -1.51. The Labute approximate surface area is 186 Å². The van der Waals surface area contributed by atoms with Crippen LogP contribution in [0, 0.1) is 11.8 Å². The Morgan fingerprint density at radius 1 is 1.34 bits per heavy atom. The number of rotatable bonds is 7. The molecule has 1 aliphatic rings. The van der Waals surface area contributed by atoms with Crippen molar-refractivity contribution in [1.29, 1.82) is 0 Å². The topological polar surface area (TPSA) is 54.9 Å². The van der Waals surface area contributed by atoms with Crippen molar-refractivity contribution >= 4 is 29.9 Å². The number of hydrogen-bond donors (Lipinski definition) is 2. The molecule has 1 heterocycles. The molecule has 5 nitrogen and oxygen atoms in total. The first kappa shape index (κ1) is 25.5. The van der Waals surface area contributed by atoms with Gasteiger partial charge < -0.3 is 20.1 Å². The molecule has 1 fully saturated rings. The summed E-state index contributed by atoms with van der Waals surface area (Å²) in [5, 5.41) is 6.15. The molecule has 0 bridgehead atoms. The number of benzene rings is 1. The Balaban J connectivity index is 0.00000420. The highest BCUT2D eigenvalue weighted by Gasteiger charge is 2.30. The van der Waals surface area contributed by atoms with Crippen LogP contribution in [-0.4, -0.2) is 51.5 Å². The maximum absolute atomic E-state index is 12.7. The summed E-state index contributed by atoms with van der Waals surface area (Å²) in [7, 11) is 0. The third-order valence-corrected chi connectivity index (χ3v) is 3.92.